The number of hydrogen-bond acceptors (Lipinski definition) is 5. The van der Waals surface area contributed by atoms with E-state index in [4.69, 9.17) is 5.73 Å². The SMILES string of the molecule is Cc1ccc(Nc2cc(N)nc(CN(C)Cc3ccccc3)n2)cc1. The Morgan fingerprint density at radius 3 is 2.40 bits per heavy atom. The van der Waals surface area contributed by atoms with E-state index in [2.05, 4.69) is 51.4 Å². The van der Waals surface area contributed by atoms with Crippen molar-refractivity contribution in [3.8, 4) is 0 Å². The molecule has 0 amide bonds. The number of aryl methyl sites for hydroxylation is 1. The van der Waals surface area contributed by atoms with Gasteiger partial charge in [0.25, 0.3) is 0 Å². The predicted octanol–water partition coefficient (Wildman–Crippen LogP) is 3.74. The minimum atomic E-state index is 0.465. The lowest BCUT2D eigenvalue weighted by atomic mass is 10.2. The van der Waals surface area contributed by atoms with Crippen LogP contribution < -0.4 is 11.1 Å². The monoisotopic (exact) mass is 333 g/mol. The molecule has 0 unspecified atom stereocenters. The third-order valence-electron chi connectivity index (χ3n) is 3.82. The van der Waals surface area contributed by atoms with E-state index in [9.17, 15) is 0 Å². The molecule has 25 heavy (non-hydrogen) atoms. The molecule has 5 heteroatoms. The van der Waals surface area contributed by atoms with Crippen molar-refractivity contribution in [1.82, 2.24) is 14.9 Å². The first-order valence-corrected chi connectivity index (χ1v) is 8.28. The van der Waals surface area contributed by atoms with Crippen LogP contribution in [0.4, 0.5) is 17.3 Å². The molecule has 5 nitrogen and oxygen atoms in total. The lowest BCUT2D eigenvalue weighted by Crippen LogP contribution is -2.19. The van der Waals surface area contributed by atoms with E-state index in [1.165, 1.54) is 11.1 Å². The fourth-order valence-electron chi connectivity index (χ4n) is 2.63. The van der Waals surface area contributed by atoms with Crippen LogP contribution in [0.25, 0.3) is 0 Å². The maximum Gasteiger partial charge on any atom is 0.147 e. The van der Waals surface area contributed by atoms with E-state index in [0.29, 0.717) is 24.0 Å². The van der Waals surface area contributed by atoms with Crippen molar-refractivity contribution in [2.24, 2.45) is 0 Å². The van der Waals surface area contributed by atoms with Crippen molar-refractivity contribution in [2.45, 2.75) is 20.0 Å². The van der Waals surface area contributed by atoms with Crippen LogP contribution in [-0.2, 0) is 13.1 Å². The molecule has 0 aliphatic heterocycles. The van der Waals surface area contributed by atoms with Crippen LogP contribution in [0.5, 0.6) is 0 Å². The second kappa shape index (κ2) is 7.77. The Morgan fingerprint density at radius 2 is 1.68 bits per heavy atom. The molecule has 0 bridgehead atoms. The van der Waals surface area contributed by atoms with Gasteiger partial charge in [0, 0.05) is 18.3 Å². The number of anilines is 3. The zero-order chi connectivity index (χ0) is 17.6. The molecule has 1 heterocycles. The summed E-state index contributed by atoms with van der Waals surface area (Å²) in [4.78, 5) is 11.1. The van der Waals surface area contributed by atoms with Gasteiger partial charge in [-0.3, -0.25) is 4.90 Å². The highest BCUT2D eigenvalue weighted by Gasteiger charge is 2.07. The molecule has 1 aromatic heterocycles. The summed E-state index contributed by atoms with van der Waals surface area (Å²) in [6.45, 7) is 3.52. The molecule has 0 saturated carbocycles. The Bertz CT molecular complexity index is 815. The first-order chi connectivity index (χ1) is 12.1. The van der Waals surface area contributed by atoms with Crippen LogP contribution in [0.2, 0.25) is 0 Å². The molecular weight excluding hydrogens is 310 g/mol. The molecule has 0 aliphatic rings. The minimum Gasteiger partial charge on any atom is -0.384 e. The fourth-order valence-corrected chi connectivity index (χ4v) is 2.63. The fraction of sp³-hybridized carbons (Fsp3) is 0.200. The van der Waals surface area contributed by atoms with Crippen LogP contribution in [0.1, 0.15) is 17.0 Å². The van der Waals surface area contributed by atoms with Crippen LogP contribution in [0.15, 0.2) is 60.7 Å². The van der Waals surface area contributed by atoms with Crippen LogP contribution in [0.3, 0.4) is 0 Å². The Morgan fingerprint density at radius 1 is 0.960 bits per heavy atom. The number of hydrogen-bond donors (Lipinski definition) is 2. The summed E-state index contributed by atoms with van der Waals surface area (Å²) in [5.41, 5.74) is 9.41. The second-order valence-corrected chi connectivity index (χ2v) is 6.24. The lowest BCUT2D eigenvalue weighted by Gasteiger charge is -2.16. The Balaban J connectivity index is 1.69. The summed E-state index contributed by atoms with van der Waals surface area (Å²) in [5.74, 6) is 1.88. The standard InChI is InChI=1S/C20H23N5/c1-15-8-10-17(11-9-15)22-19-12-18(21)23-20(24-19)14-25(2)13-16-6-4-3-5-7-16/h3-12H,13-14H2,1-2H3,(H3,21,22,23,24). The normalized spacial score (nSPS) is 10.8. The zero-order valence-corrected chi connectivity index (χ0v) is 14.6. The van der Waals surface area contributed by atoms with Gasteiger partial charge < -0.3 is 11.1 Å². The minimum absolute atomic E-state index is 0.465. The van der Waals surface area contributed by atoms with Crippen LogP contribution >= 0.6 is 0 Å². The van der Waals surface area contributed by atoms with E-state index < -0.39 is 0 Å². The number of rotatable bonds is 6. The number of aromatic nitrogens is 2. The maximum absolute atomic E-state index is 5.96. The van der Waals surface area contributed by atoms with Crippen molar-refractivity contribution in [2.75, 3.05) is 18.1 Å². The molecule has 2 aromatic carbocycles. The van der Waals surface area contributed by atoms with Crippen molar-refractivity contribution in [3.63, 3.8) is 0 Å². The van der Waals surface area contributed by atoms with Crippen LogP contribution in [0, 0.1) is 6.92 Å². The highest BCUT2D eigenvalue weighted by Crippen LogP contribution is 2.17. The van der Waals surface area contributed by atoms with Gasteiger partial charge in [-0.2, -0.15) is 0 Å². The first kappa shape index (κ1) is 16.9. The molecule has 3 aromatic rings. The van der Waals surface area contributed by atoms with E-state index in [1.807, 2.05) is 37.4 Å². The van der Waals surface area contributed by atoms with Gasteiger partial charge in [-0.05, 0) is 31.7 Å². The van der Waals surface area contributed by atoms with Crippen molar-refractivity contribution in [1.29, 1.82) is 0 Å². The summed E-state index contributed by atoms with van der Waals surface area (Å²) in [6, 6.07) is 20.2. The number of benzene rings is 2. The van der Waals surface area contributed by atoms with Crippen molar-refractivity contribution < 1.29 is 0 Å². The van der Waals surface area contributed by atoms with E-state index in [0.717, 1.165) is 12.2 Å². The molecule has 128 valence electrons. The first-order valence-electron chi connectivity index (χ1n) is 8.28. The average molecular weight is 333 g/mol. The molecule has 0 spiro atoms. The van der Waals surface area contributed by atoms with Gasteiger partial charge in [-0.15, -0.1) is 0 Å². The maximum atomic E-state index is 5.96. The summed E-state index contributed by atoms with van der Waals surface area (Å²) in [5, 5.41) is 3.29. The van der Waals surface area contributed by atoms with Crippen molar-refractivity contribution >= 4 is 17.3 Å². The quantitative estimate of drug-likeness (QED) is 0.719. The third-order valence-corrected chi connectivity index (χ3v) is 3.82. The smallest absolute Gasteiger partial charge is 0.147 e. The number of nitrogens with one attached hydrogen (secondary N) is 1. The number of nitrogens with zero attached hydrogens (tertiary/aromatic N) is 3. The number of nitrogens with two attached hydrogens (primary N) is 1. The molecule has 3 rings (SSSR count). The Labute approximate surface area is 148 Å². The summed E-state index contributed by atoms with van der Waals surface area (Å²) >= 11 is 0. The van der Waals surface area contributed by atoms with E-state index in [1.54, 1.807) is 6.07 Å². The van der Waals surface area contributed by atoms with Gasteiger partial charge in [0.2, 0.25) is 0 Å². The molecular formula is C20H23N5. The van der Waals surface area contributed by atoms with E-state index in [-0.39, 0.29) is 0 Å². The summed E-state index contributed by atoms with van der Waals surface area (Å²) in [6.07, 6.45) is 0. The average Bonchev–Trinajstić information content (AvgIpc) is 2.57. The third kappa shape index (κ3) is 5.02. The largest absolute Gasteiger partial charge is 0.384 e. The second-order valence-electron chi connectivity index (χ2n) is 6.24. The molecule has 0 saturated heterocycles. The lowest BCUT2D eigenvalue weighted by molar-refractivity contribution is 0.311. The van der Waals surface area contributed by atoms with Gasteiger partial charge >= 0.3 is 0 Å². The Hall–Kier alpha value is -2.92. The predicted molar refractivity (Wildman–Crippen MR) is 103 cm³/mol. The van der Waals surface area contributed by atoms with Gasteiger partial charge in [0.05, 0.1) is 6.54 Å². The highest BCUT2D eigenvalue weighted by molar-refractivity contribution is 5.58. The van der Waals surface area contributed by atoms with Gasteiger partial charge in [-0.25, -0.2) is 9.97 Å². The van der Waals surface area contributed by atoms with Crippen LogP contribution in [-0.4, -0.2) is 21.9 Å². The molecule has 0 radical (unpaired) electrons. The Kier molecular flexibility index (Phi) is 5.26. The van der Waals surface area contributed by atoms with E-state index >= 15 is 0 Å². The molecule has 0 aliphatic carbocycles. The van der Waals surface area contributed by atoms with Crippen molar-refractivity contribution in [3.05, 3.63) is 77.6 Å². The van der Waals surface area contributed by atoms with Gasteiger partial charge in [0.1, 0.15) is 17.5 Å². The molecule has 3 N–H and O–H groups in total. The molecule has 0 fully saturated rings. The van der Waals surface area contributed by atoms with Gasteiger partial charge in [0.15, 0.2) is 0 Å². The number of nitrogen functional groups attached to an aromatic ring is 1. The topological polar surface area (TPSA) is 67.1 Å². The highest BCUT2D eigenvalue weighted by atomic mass is 15.1. The molecule has 0 atom stereocenters. The summed E-state index contributed by atoms with van der Waals surface area (Å²) < 4.78 is 0. The zero-order valence-electron chi connectivity index (χ0n) is 14.6. The summed E-state index contributed by atoms with van der Waals surface area (Å²) in [7, 11) is 2.05. The van der Waals surface area contributed by atoms with Gasteiger partial charge in [-0.1, -0.05) is 48.0 Å².